The lowest BCUT2D eigenvalue weighted by atomic mass is 10.1. The molecule has 4 nitrogen and oxygen atoms in total. The quantitative estimate of drug-likeness (QED) is 0.802. The van der Waals surface area contributed by atoms with E-state index in [-0.39, 0.29) is 18.2 Å². The normalized spacial score (nSPS) is 10.1. The van der Waals surface area contributed by atoms with Crippen LogP contribution in [0.1, 0.15) is 29.8 Å². The zero-order chi connectivity index (χ0) is 15.9. The molecule has 0 heterocycles. The molecule has 0 aliphatic carbocycles. The van der Waals surface area contributed by atoms with Crippen molar-refractivity contribution in [2.75, 3.05) is 17.2 Å². The van der Waals surface area contributed by atoms with E-state index in [0.717, 1.165) is 12.1 Å². The fourth-order valence-corrected chi connectivity index (χ4v) is 2.27. The topological polar surface area (TPSA) is 58.2 Å². The Morgan fingerprint density at radius 3 is 2.27 bits per heavy atom. The molecule has 114 valence electrons. The maximum atomic E-state index is 12.1. The van der Waals surface area contributed by atoms with E-state index in [2.05, 4.69) is 17.6 Å². The summed E-state index contributed by atoms with van der Waals surface area (Å²) in [7, 11) is 0. The molecule has 0 aliphatic rings. The second kappa shape index (κ2) is 7.41. The van der Waals surface area contributed by atoms with Gasteiger partial charge in [0.2, 0.25) is 5.91 Å². The van der Waals surface area contributed by atoms with Crippen LogP contribution in [-0.2, 0) is 11.2 Å². The van der Waals surface area contributed by atoms with Gasteiger partial charge in [0.1, 0.15) is 0 Å². The lowest BCUT2D eigenvalue weighted by Gasteiger charge is -2.12. The van der Waals surface area contributed by atoms with Gasteiger partial charge >= 0.3 is 0 Å². The van der Waals surface area contributed by atoms with Crippen molar-refractivity contribution in [2.24, 2.45) is 0 Å². The Kier molecular flexibility index (Phi) is 5.31. The first-order valence-corrected chi connectivity index (χ1v) is 7.33. The Hall–Kier alpha value is -2.62. The maximum absolute atomic E-state index is 12.1. The van der Waals surface area contributed by atoms with Crippen molar-refractivity contribution in [3.63, 3.8) is 0 Å². The second-order valence-electron chi connectivity index (χ2n) is 5.01. The van der Waals surface area contributed by atoms with Gasteiger partial charge in [-0.25, -0.2) is 0 Å². The number of amides is 1. The number of Topliss-reactive ketones (excluding diaryl/α,β-unsaturated/α-hetero) is 1. The van der Waals surface area contributed by atoms with Crippen molar-refractivity contribution >= 4 is 23.1 Å². The highest BCUT2D eigenvalue weighted by Crippen LogP contribution is 2.17. The zero-order valence-corrected chi connectivity index (χ0v) is 12.8. The number of nitrogens with one attached hydrogen (secondary N) is 2. The molecule has 0 radical (unpaired) electrons. The van der Waals surface area contributed by atoms with Crippen LogP contribution >= 0.6 is 0 Å². The minimum atomic E-state index is -0.181. The number of benzene rings is 2. The van der Waals surface area contributed by atoms with Gasteiger partial charge in [-0.05, 0) is 37.1 Å². The largest absolute Gasteiger partial charge is 0.376 e. The van der Waals surface area contributed by atoms with E-state index in [1.807, 2.05) is 24.3 Å². The molecular weight excluding hydrogens is 276 g/mol. The van der Waals surface area contributed by atoms with Crippen LogP contribution in [0, 0.1) is 0 Å². The summed E-state index contributed by atoms with van der Waals surface area (Å²) in [5.41, 5.74) is 3.19. The van der Waals surface area contributed by atoms with Gasteiger partial charge in [-0.3, -0.25) is 9.59 Å². The average molecular weight is 296 g/mol. The van der Waals surface area contributed by atoms with E-state index in [1.54, 1.807) is 24.3 Å². The van der Waals surface area contributed by atoms with Gasteiger partial charge in [0.25, 0.3) is 0 Å². The third kappa shape index (κ3) is 3.95. The fourth-order valence-electron chi connectivity index (χ4n) is 2.27. The van der Waals surface area contributed by atoms with Crippen LogP contribution in [0.15, 0.2) is 48.5 Å². The minimum absolute atomic E-state index is 0.0693. The van der Waals surface area contributed by atoms with Crippen molar-refractivity contribution in [1.29, 1.82) is 0 Å². The molecule has 0 saturated carbocycles. The molecule has 2 N–H and O–H groups in total. The monoisotopic (exact) mass is 296 g/mol. The number of rotatable bonds is 6. The summed E-state index contributed by atoms with van der Waals surface area (Å²) in [5, 5.41) is 5.91. The molecule has 0 unspecified atom stereocenters. The van der Waals surface area contributed by atoms with Gasteiger partial charge < -0.3 is 10.6 Å². The van der Waals surface area contributed by atoms with E-state index in [4.69, 9.17) is 0 Å². The number of anilines is 2. The molecule has 1 amide bonds. The molecular formula is C18H20N2O2. The van der Waals surface area contributed by atoms with E-state index in [0.29, 0.717) is 11.3 Å². The minimum Gasteiger partial charge on any atom is -0.376 e. The Morgan fingerprint density at radius 2 is 1.59 bits per heavy atom. The van der Waals surface area contributed by atoms with Gasteiger partial charge in [-0.1, -0.05) is 37.3 Å². The first-order chi connectivity index (χ1) is 10.6. The SMILES string of the molecule is CCc1ccccc1NCC(=O)Nc1ccccc1C(C)=O. The van der Waals surface area contributed by atoms with Gasteiger partial charge in [0.05, 0.1) is 12.2 Å². The number of hydrogen-bond donors (Lipinski definition) is 2. The predicted molar refractivity (Wildman–Crippen MR) is 89.4 cm³/mol. The first-order valence-electron chi connectivity index (χ1n) is 7.33. The molecule has 2 rings (SSSR count). The standard InChI is InChI=1S/C18H20N2O2/c1-3-14-8-4-6-10-16(14)19-12-18(22)20-17-11-7-5-9-15(17)13(2)21/h4-11,19H,3,12H2,1-2H3,(H,20,22). The van der Waals surface area contributed by atoms with Gasteiger partial charge in [-0.15, -0.1) is 0 Å². The molecule has 22 heavy (non-hydrogen) atoms. The Labute approximate surface area is 130 Å². The first kappa shape index (κ1) is 15.8. The van der Waals surface area contributed by atoms with Gasteiger partial charge in [0.15, 0.2) is 5.78 Å². The molecule has 0 spiro atoms. The molecule has 0 atom stereocenters. The number of aryl methyl sites for hydroxylation is 1. The van der Waals surface area contributed by atoms with E-state index < -0.39 is 0 Å². The summed E-state index contributed by atoms with van der Waals surface area (Å²) in [4.78, 5) is 23.6. The molecule has 0 aromatic heterocycles. The highest BCUT2D eigenvalue weighted by Gasteiger charge is 2.09. The van der Waals surface area contributed by atoms with Crippen molar-refractivity contribution in [1.82, 2.24) is 0 Å². The summed E-state index contributed by atoms with van der Waals surface area (Å²) in [6, 6.07) is 14.9. The third-order valence-corrected chi connectivity index (χ3v) is 3.42. The van der Waals surface area contributed by atoms with Gasteiger partial charge in [0, 0.05) is 11.3 Å². The predicted octanol–water partition coefficient (Wildman–Crippen LogP) is 3.50. The smallest absolute Gasteiger partial charge is 0.243 e. The lowest BCUT2D eigenvalue weighted by Crippen LogP contribution is -2.23. The average Bonchev–Trinajstić information content (AvgIpc) is 2.53. The number of hydrogen-bond acceptors (Lipinski definition) is 3. The number of carbonyl (C=O) groups excluding carboxylic acids is 2. The Bertz CT molecular complexity index is 680. The summed E-state index contributed by atoms with van der Waals surface area (Å²) >= 11 is 0. The Balaban J connectivity index is 2.01. The van der Waals surface area contributed by atoms with Crippen LogP contribution in [0.4, 0.5) is 11.4 Å². The zero-order valence-electron chi connectivity index (χ0n) is 12.8. The van der Waals surface area contributed by atoms with E-state index in [9.17, 15) is 9.59 Å². The van der Waals surface area contributed by atoms with Crippen molar-refractivity contribution < 1.29 is 9.59 Å². The van der Waals surface area contributed by atoms with Gasteiger partial charge in [-0.2, -0.15) is 0 Å². The van der Waals surface area contributed by atoms with Crippen molar-refractivity contribution in [3.8, 4) is 0 Å². The summed E-state index contributed by atoms with van der Waals surface area (Å²) in [6.45, 7) is 3.72. The summed E-state index contributed by atoms with van der Waals surface area (Å²) < 4.78 is 0. The third-order valence-electron chi connectivity index (χ3n) is 3.42. The van der Waals surface area contributed by atoms with E-state index >= 15 is 0 Å². The number of para-hydroxylation sites is 2. The highest BCUT2D eigenvalue weighted by molar-refractivity contribution is 6.04. The number of ketones is 1. The van der Waals surface area contributed by atoms with Crippen molar-refractivity contribution in [2.45, 2.75) is 20.3 Å². The molecule has 2 aromatic rings. The molecule has 0 bridgehead atoms. The summed E-state index contributed by atoms with van der Waals surface area (Å²) in [5.74, 6) is -0.250. The van der Waals surface area contributed by atoms with Crippen LogP contribution in [-0.4, -0.2) is 18.2 Å². The molecule has 4 heteroatoms. The summed E-state index contributed by atoms with van der Waals surface area (Å²) in [6.07, 6.45) is 0.901. The van der Waals surface area contributed by atoms with Crippen LogP contribution in [0.2, 0.25) is 0 Å². The maximum Gasteiger partial charge on any atom is 0.243 e. The van der Waals surface area contributed by atoms with Crippen LogP contribution < -0.4 is 10.6 Å². The Morgan fingerprint density at radius 1 is 0.955 bits per heavy atom. The second-order valence-corrected chi connectivity index (χ2v) is 5.01. The molecule has 0 saturated heterocycles. The van der Waals surface area contributed by atoms with Crippen molar-refractivity contribution in [3.05, 3.63) is 59.7 Å². The van der Waals surface area contributed by atoms with Crippen LogP contribution in [0.25, 0.3) is 0 Å². The highest BCUT2D eigenvalue weighted by atomic mass is 16.2. The molecule has 0 aliphatic heterocycles. The van der Waals surface area contributed by atoms with E-state index in [1.165, 1.54) is 12.5 Å². The van der Waals surface area contributed by atoms with Crippen LogP contribution in [0.3, 0.4) is 0 Å². The van der Waals surface area contributed by atoms with Crippen LogP contribution in [0.5, 0.6) is 0 Å². The number of carbonyl (C=O) groups is 2. The fraction of sp³-hybridized carbons (Fsp3) is 0.222. The molecule has 2 aromatic carbocycles. The molecule has 0 fully saturated rings. The lowest BCUT2D eigenvalue weighted by molar-refractivity contribution is -0.114.